The van der Waals surface area contributed by atoms with Crippen molar-refractivity contribution in [1.82, 2.24) is 9.88 Å². The fourth-order valence-electron chi connectivity index (χ4n) is 2.48. The Balaban J connectivity index is 1.71. The first-order chi connectivity index (χ1) is 11.2. The van der Waals surface area contributed by atoms with Crippen LogP contribution in [-0.4, -0.2) is 16.9 Å². The minimum Gasteiger partial charge on any atom is -0.460 e. The number of nitriles is 1. The van der Waals surface area contributed by atoms with Gasteiger partial charge < -0.3 is 4.42 Å². The van der Waals surface area contributed by atoms with Crippen molar-refractivity contribution in [2.24, 2.45) is 0 Å². The van der Waals surface area contributed by atoms with Gasteiger partial charge in [-0.05, 0) is 38.2 Å². The highest BCUT2D eigenvalue weighted by Gasteiger charge is 2.11. The maximum Gasteiger partial charge on any atom is 0.135 e. The van der Waals surface area contributed by atoms with E-state index < -0.39 is 0 Å². The van der Waals surface area contributed by atoms with Crippen molar-refractivity contribution in [2.45, 2.75) is 20.0 Å². The van der Waals surface area contributed by atoms with Crippen LogP contribution in [-0.2, 0) is 13.1 Å². The molecule has 0 aliphatic heterocycles. The molecule has 0 bridgehead atoms. The predicted molar refractivity (Wildman–Crippen MR) is 90.9 cm³/mol. The molecular formula is C18H17N3OS. The van der Waals surface area contributed by atoms with Crippen LogP contribution in [0.4, 0.5) is 0 Å². The van der Waals surface area contributed by atoms with E-state index in [0.29, 0.717) is 12.1 Å². The molecule has 4 nitrogen and oxygen atoms in total. The Hall–Kier alpha value is -2.42. The fourth-order valence-corrected chi connectivity index (χ4v) is 3.09. The largest absolute Gasteiger partial charge is 0.460 e. The van der Waals surface area contributed by atoms with Crippen LogP contribution in [0.15, 0.2) is 46.2 Å². The van der Waals surface area contributed by atoms with Crippen molar-refractivity contribution in [3.05, 3.63) is 63.8 Å². The average Bonchev–Trinajstić information content (AvgIpc) is 3.16. The first kappa shape index (κ1) is 15.5. The third-order valence-corrected chi connectivity index (χ3v) is 4.32. The molecule has 0 aliphatic carbocycles. The van der Waals surface area contributed by atoms with E-state index in [4.69, 9.17) is 4.42 Å². The zero-order valence-electron chi connectivity index (χ0n) is 13.1. The summed E-state index contributed by atoms with van der Waals surface area (Å²) in [5.74, 6) is 1.61. The number of benzene rings is 1. The number of rotatable bonds is 5. The topological polar surface area (TPSA) is 53.1 Å². The summed E-state index contributed by atoms with van der Waals surface area (Å²) < 4.78 is 5.92. The summed E-state index contributed by atoms with van der Waals surface area (Å²) >= 11 is 1.67. The number of aromatic nitrogens is 1. The van der Waals surface area contributed by atoms with E-state index in [1.807, 2.05) is 44.3 Å². The maximum absolute atomic E-state index is 9.19. The van der Waals surface area contributed by atoms with Crippen molar-refractivity contribution in [1.29, 1.82) is 5.26 Å². The van der Waals surface area contributed by atoms with Crippen LogP contribution in [0.1, 0.15) is 22.0 Å². The number of aryl methyl sites for hydroxylation is 1. The van der Waals surface area contributed by atoms with Crippen molar-refractivity contribution >= 4 is 11.3 Å². The van der Waals surface area contributed by atoms with Gasteiger partial charge in [0.15, 0.2) is 0 Å². The normalized spacial score (nSPS) is 10.9. The highest BCUT2D eigenvalue weighted by Crippen LogP contribution is 2.26. The smallest absolute Gasteiger partial charge is 0.135 e. The van der Waals surface area contributed by atoms with Gasteiger partial charge in [-0.15, -0.1) is 11.3 Å². The molecular weight excluding hydrogens is 306 g/mol. The summed E-state index contributed by atoms with van der Waals surface area (Å²) in [7, 11) is 2.04. The molecule has 3 rings (SSSR count). The van der Waals surface area contributed by atoms with Crippen LogP contribution in [0.3, 0.4) is 0 Å². The molecule has 116 valence electrons. The van der Waals surface area contributed by atoms with E-state index in [0.717, 1.165) is 34.3 Å². The Kier molecular flexibility index (Phi) is 4.56. The minimum atomic E-state index is 0.625. The Morgan fingerprint density at radius 3 is 2.78 bits per heavy atom. The van der Waals surface area contributed by atoms with Crippen molar-refractivity contribution in [2.75, 3.05) is 7.05 Å². The molecule has 0 aliphatic rings. The second-order valence-corrected chi connectivity index (χ2v) is 6.52. The van der Waals surface area contributed by atoms with Crippen LogP contribution >= 0.6 is 11.3 Å². The summed E-state index contributed by atoms with van der Waals surface area (Å²) in [6.45, 7) is 3.50. The first-order valence-corrected chi connectivity index (χ1v) is 8.21. The first-order valence-electron chi connectivity index (χ1n) is 7.33. The van der Waals surface area contributed by atoms with Crippen LogP contribution < -0.4 is 0 Å². The Labute approximate surface area is 139 Å². The van der Waals surface area contributed by atoms with Gasteiger partial charge in [-0.25, -0.2) is 4.98 Å². The van der Waals surface area contributed by atoms with Gasteiger partial charge in [0.25, 0.3) is 0 Å². The highest BCUT2D eigenvalue weighted by atomic mass is 32.1. The Morgan fingerprint density at radius 1 is 1.22 bits per heavy atom. The van der Waals surface area contributed by atoms with E-state index >= 15 is 0 Å². The second-order valence-electron chi connectivity index (χ2n) is 5.45. The lowest BCUT2D eigenvalue weighted by atomic mass is 10.1. The second kappa shape index (κ2) is 6.78. The molecule has 5 heteroatoms. The molecule has 0 saturated heterocycles. The summed E-state index contributed by atoms with van der Waals surface area (Å²) in [6.07, 6.45) is 0. The van der Waals surface area contributed by atoms with Crippen molar-refractivity contribution in [3.63, 3.8) is 0 Å². The number of thiazole rings is 1. The van der Waals surface area contributed by atoms with Crippen LogP contribution in [0.25, 0.3) is 11.3 Å². The SMILES string of the molecule is Cc1nc(CN(C)Cc2ccc(-c3ccccc3C#N)o2)cs1. The van der Waals surface area contributed by atoms with Crippen molar-refractivity contribution < 1.29 is 4.42 Å². The molecule has 0 saturated carbocycles. The molecule has 1 aromatic carbocycles. The summed E-state index contributed by atoms with van der Waals surface area (Å²) in [5, 5.41) is 12.4. The van der Waals surface area contributed by atoms with E-state index in [-0.39, 0.29) is 0 Å². The van der Waals surface area contributed by atoms with Gasteiger partial charge in [-0.3, -0.25) is 4.90 Å². The lowest BCUT2D eigenvalue weighted by Crippen LogP contribution is -2.17. The zero-order chi connectivity index (χ0) is 16.2. The summed E-state index contributed by atoms with van der Waals surface area (Å²) in [5.41, 5.74) is 2.54. The standard InChI is InChI=1S/C18H17N3OS/c1-13-20-15(12-23-13)10-21(2)11-16-7-8-18(22-16)17-6-4-3-5-14(17)9-19/h3-8,12H,10-11H2,1-2H3. The van der Waals surface area contributed by atoms with Crippen LogP contribution in [0, 0.1) is 18.3 Å². The molecule has 0 spiro atoms. The molecule has 23 heavy (non-hydrogen) atoms. The number of nitrogens with zero attached hydrogens (tertiary/aromatic N) is 3. The molecule has 2 heterocycles. The summed E-state index contributed by atoms with van der Waals surface area (Å²) in [6, 6.07) is 13.6. The molecule has 0 atom stereocenters. The van der Waals surface area contributed by atoms with E-state index in [1.54, 1.807) is 17.4 Å². The molecule has 2 aromatic heterocycles. The lowest BCUT2D eigenvalue weighted by molar-refractivity contribution is 0.286. The average molecular weight is 323 g/mol. The third kappa shape index (κ3) is 3.67. The quantitative estimate of drug-likeness (QED) is 0.705. The molecule has 0 N–H and O–H groups in total. The number of hydrogen-bond donors (Lipinski definition) is 0. The Morgan fingerprint density at radius 2 is 2.04 bits per heavy atom. The van der Waals surface area contributed by atoms with Gasteiger partial charge in [0.1, 0.15) is 11.5 Å². The number of furan rings is 1. The summed E-state index contributed by atoms with van der Waals surface area (Å²) in [4.78, 5) is 6.64. The van der Waals surface area contributed by atoms with Crippen molar-refractivity contribution in [3.8, 4) is 17.4 Å². The number of hydrogen-bond acceptors (Lipinski definition) is 5. The van der Waals surface area contributed by atoms with E-state index in [2.05, 4.69) is 21.3 Å². The van der Waals surface area contributed by atoms with Gasteiger partial charge in [-0.1, -0.05) is 12.1 Å². The lowest BCUT2D eigenvalue weighted by Gasteiger charge is -2.13. The van der Waals surface area contributed by atoms with Gasteiger partial charge in [0, 0.05) is 17.5 Å². The molecule has 0 radical (unpaired) electrons. The molecule has 0 amide bonds. The van der Waals surface area contributed by atoms with Crippen LogP contribution in [0.2, 0.25) is 0 Å². The predicted octanol–water partition coefficient (Wildman–Crippen LogP) is 4.22. The molecule has 0 fully saturated rings. The van der Waals surface area contributed by atoms with Gasteiger partial charge in [0.05, 0.1) is 28.9 Å². The van der Waals surface area contributed by atoms with Gasteiger partial charge >= 0.3 is 0 Å². The van der Waals surface area contributed by atoms with E-state index in [9.17, 15) is 5.26 Å². The monoisotopic (exact) mass is 323 g/mol. The molecule has 0 unspecified atom stereocenters. The van der Waals surface area contributed by atoms with Crippen LogP contribution in [0.5, 0.6) is 0 Å². The highest BCUT2D eigenvalue weighted by molar-refractivity contribution is 7.09. The zero-order valence-corrected chi connectivity index (χ0v) is 13.9. The Bertz CT molecular complexity index is 844. The van der Waals surface area contributed by atoms with Gasteiger partial charge in [0.2, 0.25) is 0 Å². The van der Waals surface area contributed by atoms with Gasteiger partial charge in [-0.2, -0.15) is 5.26 Å². The third-order valence-electron chi connectivity index (χ3n) is 3.50. The van der Waals surface area contributed by atoms with E-state index in [1.165, 1.54) is 0 Å². The molecule has 3 aromatic rings. The maximum atomic E-state index is 9.19. The minimum absolute atomic E-state index is 0.625. The fraction of sp³-hybridized carbons (Fsp3) is 0.222.